The number of carbonyl (C=O) groups excluding carboxylic acids is 1. The molecule has 0 bridgehead atoms. The summed E-state index contributed by atoms with van der Waals surface area (Å²) in [5, 5.41) is 11.1. The number of carbonyl (C=O) groups is 1. The Morgan fingerprint density at radius 1 is 1.30 bits per heavy atom. The Bertz CT molecular complexity index is 934. The first-order valence-corrected chi connectivity index (χ1v) is 9.44. The van der Waals surface area contributed by atoms with E-state index in [0.29, 0.717) is 12.4 Å². The van der Waals surface area contributed by atoms with Crippen LogP contribution in [-0.2, 0) is 6.54 Å². The number of nitrogens with one attached hydrogen (secondary N) is 2. The van der Waals surface area contributed by atoms with E-state index in [4.69, 9.17) is 4.74 Å². The number of anilines is 1. The standard InChI is InChI=1S/C19H23N5O2S/c1-12(18-13(2)27-14(3)22-18)21-19(25)23-17-9-10-20-24(17)11-15-7-5-6-8-16(15)26-4/h5-10,12H,11H2,1-4H3,(H2,21,23,25)/t12-/m0/s1. The van der Waals surface area contributed by atoms with Crippen LogP contribution in [-0.4, -0.2) is 27.9 Å². The highest BCUT2D eigenvalue weighted by atomic mass is 32.1. The van der Waals surface area contributed by atoms with Gasteiger partial charge in [-0.05, 0) is 26.8 Å². The molecule has 7 nitrogen and oxygen atoms in total. The van der Waals surface area contributed by atoms with E-state index < -0.39 is 0 Å². The molecule has 142 valence electrons. The van der Waals surface area contributed by atoms with Crippen molar-refractivity contribution in [3.8, 4) is 5.75 Å². The van der Waals surface area contributed by atoms with Gasteiger partial charge >= 0.3 is 6.03 Å². The average Bonchev–Trinajstić information content (AvgIpc) is 3.21. The van der Waals surface area contributed by atoms with Gasteiger partial charge in [0, 0.05) is 16.5 Å². The van der Waals surface area contributed by atoms with Crippen molar-refractivity contribution in [3.05, 3.63) is 57.7 Å². The van der Waals surface area contributed by atoms with Gasteiger partial charge in [0.2, 0.25) is 0 Å². The van der Waals surface area contributed by atoms with Crippen molar-refractivity contribution in [2.24, 2.45) is 0 Å². The molecule has 2 N–H and O–H groups in total. The fourth-order valence-electron chi connectivity index (χ4n) is 2.92. The molecule has 0 saturated heterocycles. The number of methoxy groups -OCH3 is 1. The summed E-state index contributed by atoms with van der Waals surface area (Å²) >= 11 is 1.63. The number of amides is 2. The summed E-state index contributed by atoms with van der Waals surface area (Å²) in [6, 6.07) is 9.02. The second kappa shape index (κ2) is 8.22. The zero-order chi connectivity index (χ0) is 19.4. The number of rotatable bonds is 6. The summed E-state index contributed by atoms with van der Waals surface area (Å²) in [5.74, 6) is 1.39. The molecule has 1 aromatic carbocycles. The van der Waals surface area contributed by atoms with Crippen LogP contribution in [0.2, 0.25) is 0 Å². The molecule has 0 aliphatic carbocycles. The van der Waals surface area contributed by atoms with Crippen molar-refractivity contribution in [1.82, 2.24) is 20.1 Å². The smallest absolute Gasteiger partial charge is 0.320 e. The number of thiazole rings is 1. The van der Waals surface area contributed by atoms with Crippen LogP contribution >= 0.6 is 11.3 Å². The molecule has 2 aromatic heterocycles. The van der Waals surface area contributed by atoms with Crippen LogP contribution in [0.15, 0.2) is 36.5 Å². The van der Waals surface area contributed by atoms with Gasteiger partial charge in [-0.1, -0.05) is 18.2 Å². The summed E-state index contributed by atoms with van der Waals surface area (Å²) in [5.41, 5.74) is 1.88. The van der Waals surface area contributed by atoms with Crippen LogP contribution in [0, 0.1) is 13.8 Å². The summed E-state index contributed by atoms with van der Waals surface area (Å²) in [6.45, 7) is 6.39. The quantitative estimate of drug-likeness (QED) is 0.674. The fourth-order valence-corrected chi connectivity index (χ4v) is 3.84. The van der Waals surface area contributed by atoms with Gasteiger partial charge in [-0.3, -0.25) is 5.32 Å². The number of para-hydroxylation sites is 1. The molecule has 27 heavy (non-hydrogen) atoms. The second-order valence-corrected chi connectivity index (χ2v) is 7.59. The molecular weight excluding hydrogens is 362 g/mol. The van der Waals surface area contributed by atoms with Crippen LogP contribution in [0.4, 0.5) is 10.6 Å². The zero-order valence-corrected chi connectivity index (χ0v) is 16.6. The van der Waals surface area contributed by atoms with Crippen LogP contribution in [0.25, 0.3) is 0 Å². The van der Waals surface area contributed by atoms with Crippen LogP contribution in [0.1, 0.15) is 34.1 Å². The van der Waals surface area contributed by atoms with Crippen LogP contribution in [0.5, 0.6) is 5.75 Å². The molecule has 0 radical (unpaired) electrons. The van der Waals surface area contributed by atoms with E-state index in [0.717, 1.165) is 26.9 Å². The lowest BCUT2D eigenvalue weighted by Gasteiger charge is -2.15. The number of hydrogen-bond acceptors (Lipinski definition) is 5. The lowest BCUT2D eigenvalue weighted by Crippen LogP contribution is -2.32. The number of aryl methyl sites for hydroxylation is 2. The maximum Gasteiger partial charge on any atom is 0.320 e. The van der Waals surface area contributed by atoms with Crippen molar-refractivity contribution in [2.45, 2.75) is 33.4 Å². The predicted molar refractivity (Wildman–Crippen MR) is 106 cm³/mol. The average molecular weight is 385 g/mol. The Morgan fingerprint density at radius 3 is 2.78 bits per heavy atom. The summed E-state index contributed by atoms with van der Waals surface area (Å²) in [6.07, 6.45) is 1.66. The SMILES string of the molecule is COc1ccccc1Cn1nccc1NC(=O)N[C@@H](C)c1nc(C)sc1C. The minimum Gasteiger partial charge on any atom is -0.496 e. The monoisotopic (exact) mass is 385 g/mol. The topological polar surface area (TPSA) is 81.1 Å². The molecule has 0 aliphatic heterocycles. The first-order valence-electron chi connectivity index (χ1n) is 8.63. The van der Waals surface area contributed by atoms with Gasteiger partial charge in [-0.25, -0.2) is 14.5 Å². The van der Waals surface area contributed by atoms with Crippen molar-refractivity contribution < 1.29 is 9.53 Å². The Balaban J connectivity index is 1.67. The summed E-state index contributed by atoms with van der Waals surface area (Å²) in [7, 11) is 1.64. The Kier molecular flexibility index (Phi) is 5.75. The van der Waals surface area contributed by atoms with E-state index in [2.05, 4.69) is 20.7 Å². The molecule has 2 amide bonds. The Hall–Kier alpha value is -2.87. The van der Waals surface area contributed by atoms with Gasteiger partial charge in [0.1, 0.15) is 11.6 Å². The van der Waals surface area contributed by atoms with Crippen molar-refractivity contribution >= 4 is 23.2 Å². The van der Waals surface area contributed by atoms with E-state index >= 15 is 0 Å². The maximum absolute atomic E-state index is 12.4. The van der Waals surface area contributed by atoms with Gasteiger partial charge in [0.05, 0.1) is 36.6 Å². The van der Waals surface area contributed by atoms with Gasteiger partial charge in [-0.2, -0.15) is 5.10 Å². The van der Waals surface area contributed by atoms with Crippen molar-refractivity contribution in [1.29, 1.82) is 0 Å². The summed E-state index contributed by atoms with van der Waals surface area (Å²) in [4.78, 5) is 18.0. The zero-order valence-electron chi connectivity index (χ0n) is 15.8. The van der Waals surface area contributed by atoms with Gasteiger partial charge < -0.3 is 10.1 Å². The Morgan fingerprint density at radius 2 is 2.07 bits per heavy atom. The van der Waals surface area contributed by atoms with Gasteiger partial charge in [0.25, 0.3) is 0 Å². The highest BCUT2D eigenvalue weighted by Gasteiger charge is 2.16. The van der Waals surface area contributed by atoms with Crippen LogP contribution in [0.3, 0.4) is 0 Å². The number of aromatic nitrogens is 3. The maximum atomic E-state index is 12.4. The van der Waals surface area contributed by atoms with E-state index in [1.54, 1.807) is 35.4 Å². The summed E-state index contributed by atoms with van der Waals surface area (Å²) < 4.78 is 7.11. The van der Waals surface area contributed by atoms with E-state index in [-0.39, 0.29) is 12.1 Å². The van der Waals surface area contributed by atoms with Gasteiger partial charge in [-0.15, -0.1) is 11.3 Å². The molecule has 0 aliphatic rings. The largest absolute Gasteiger partial charge is 0.496 e. The molecule has 0 spiro atoms. The molecule has 1 atom stereocenters. The highest BCUT2D eigenvalue weighted by molar-refractivity contribution is 7.11. The minimum atomic E-state index is -0.297. The molecule has 3 aromatic rings. The first kappa shape index (κ1) is 18.9. The van der Waals surface area contributed by atoms with E-state index in [1.165, 1.54) is 0 Å². The van der Waals surface area contributed by atoms with Crippen molar-refractivity contribution in [3.63, 3.8) is 0 Å². The van der Waals surface area contributed by atoms with Gasteiger partial charge in [0.15, 0.2) is 0 Å². The third-order valence-corrected chi connectivity index (χ3v) is 5.07. The fraction of sp³-hybridized carbons (Fsp3) is 0.316. The number of urea groups is 1. The molecule has 0 saturated carbocycles. The predicted octanol–water partition coefficient (Wildman–Crippen LogP) is 3.90. The number of hydrogen-bond donors (Lipinski definition) is 2. The lowest BCUT2D eigenvalue weighted by molar-refractivity contribution is 0.249. The number of ether oxygens (including phenoxy) is 1. The second-order valence-electron chi connectivity index (χ2n) is 6.18. The minimum absolute atomic E-state index is 0.180. The normalized spacial score (nSPS) is 11.9. The highest BCUT2D eigenvalue weighted by Crippen LogP contribution is 2.23. The Labute approximate surface area is 162 Å². The molecule has 8 heteroatoms. The number of benzene rings is 1. The third kappa shape index (κ3) is 4.46. The van der Waals surface area contributed by atoms with E-state index in [9.17, 15) is 4.79 Å². The third-order valence-electron chi connectivity index (χ3n) is 4.17. The number of nitrogens with zero attached hydrogens (tertiary/aromatic N) is 3. The molecule has 2 heterocycles. The molecule has 3 rings (SSSR count). The van der Waals surface area contributed by atoms with Crippen molar-refractivity contribution in [2.75, 3.05) is 12.4 Å². The van der Waals surface area contributed by atoms with Crippen LogP contribution < -0.4 is 15.4 Å². The molecule has 0 fully saturated rings. The molecule has 0 unspecified atom stereocenters. The first-order chi connectivity index (χ1) is 13.0. The lowest BCUT2D eigenvalue weighted by atomic mass is 10.2. The van der Waals surface area contributed by atoms with E-state index in [1.807, 2.05) is 45.0 Å². The molecular formula is C19H23N5O2S.